The number of aliphatic hydroxyl groups excluding tert-OH is 1. The maximum Gasteiger partial charge on any atom is 0.303 e. The number of imide groups is 1. The van der Waals surface area contributed by atoms with Gasteiger partial charge in [-0.2, -0.15) is 0 Å². The molecule has 2 amide bonds. The van der Waals surface area contributed by atoms with Crippen molar-refractivity contribution in [3.05, 3.63) is 35.4 Å². The van der Waals surface area contributed by atoms with E-state index in [0.29, 0.717) is 0 Å². The van der Waals surface area contributed by atoms with Crippen molar-refractivity contribution in [2.45, 2.75) is 89.0 Å². The first-order chi connectivity index (χ1) is 20.9. The van der Waals surface area contributed by atoms with E-state index in [2.05, 4.69) is 0 Å². The van der Waals surface area contributed by atoms with Crippen LogP contribution in [0, 0.1) is 0 Å². The molecule has 5 rings (SSSR count). The van der Waals surface area contributed by atoms with Crippen LogP contribution in [0.2, 0.25) is 0 Å². The molecular weight excluding hydrogens is 590 g/mol. The highest BCUT2D eigenvalue weighted by molar-refractivity contribution is 6.21. The van der Waals surface area contributed by atoms with Crippen LogP contribution in [-0.2, 0) is 57.1 Å². The predicted octanol–water partition coefficient (Wildman–Crippen LogP) is -0.764. The van der Waals surface area contributed by atoms with Gasteiger partial charge in [-0.15, -0.1) is 0 Å². The Hall–Kier alpha value is -3.96. The molecule has 10 atom stereocenters. The van der Waals surface area contributed by atoms with E-state index in [4.69, 9.17) is 37.9 Å². The van der Waals surface area contributed by atoms with Crippen LogP contribution in [0.4, 0.5) is 0 Å². The van der Waals surface area contributed by atoms with Gasteiger partial charge in [0.15, 0.2) is 30.9 Å². The Morgan fingerprint density at radius 2 is 1.39 bits per heavy atom. The fourth-order valence-corrected chi connectivity index (χ4v) is 5.74. The van der Waals surface area contributed by atoms with E-state index in [1.54, 1.807) is 12.1 Å². The Morgan fingerprint density at radius 1 is 0.818 bits per heavy atom. The zero-order valence-electron chi connectivity index (χ0n) is 24.1. The fourth-order valence-electron chi connectivity index (χ4n) is 5.74. The summed E-state index contributed by atoms with van der Waals surface area (Å²) in [5, 5.41) is 11.6. The molecule has 16 nitrogen and oxygen atoms in total. The Kier molecular flexibility index (Phi) is 8.99. The average molecular weight is 622 g/mol. The Balaban J connectivity index is 1.47. The molecule has 238 valence electrons. The summed E-state index contributed by atoms with van der Waals surface area (Å²) in [5.41, 5.74) is 0.281. The minimum absolute atomic E-state index is 0.114. The molecule has 3 fully saturated rings. The van der Waals surface area contributed by atoms with Crippen LogP contribution in [-0.4, -0.2) is 120 Å². The first-order valence-corrected chi connectivity index (χ1v) is 13.7. The van der Waals surface area contributed by atoms with Crippen LogP contribution in [0.1, 0.15) is 48.4 Å². The Morgan fingerprint density at radius 3 is 1.95 bits per heavy atom. The third kappa shape index (κ3) is 6.03. The SMILES string of the molecule is CC(=O)OC[C@H]1O[C@@H](O[C@H]2[C@H](O)[C@@H](N3C(=O)c4ccccc4C3=O)[C@@H]3OC[C@H]2O3)[C@H](OC(C)=O)[C@@H](OC(C)=O)[C@H]1OC(C)=O. The van der Waals surface area contributed by atoms with Crippen molar-refractivity contribution in [1.29, 1.82) is 0 Å². The lowest BCUT2D eigenvalue weighted by Gasteiger charge is -2.47. The molecule has 0 unspecified atom stereocenters. The summed E-state index contributed by atoms with van der Waals surface area (Å²) < 4.78 is 45.0. The number of ether oxygens (including phenoxy) is 8. The van der Waals surface area contributed by atoms with Gasteiger partial charge >= 0.3 is 23.9 Å². The standard InChI is InChI=1S/C28H31NO15/c1-11(30)37-9-18-22(39-12(2)31)23(40-13(3)32)24(41-14(4)33)28(43-18)44-21-17-10-38-27(42-17)19(20(21)34)29-25(35)15-7-5-6-8-16(15)26(29)36/h5-8,17-24,27-28,34H,9-10H2,1-4H3/t17-,18-,19-,20-,21-,22+,23+,24-,27-,28+/m1/s1. The first-order valence-electron chi connectivity index (χ1n) is 13.7. The monoisotopic (exact) mass is 621 g/mol. The third-order valence-corrected chi connectivity index (χ3v) is 7.43. The number of rotatable bonds is 8. The topological polar surface area (TPSA) is 200 Å². The van der Waals surface area contributed by atoms with Gasteiger partial charge in [0.05, 0.1) is 17.7 Å². The van der Waals surface area contributed by atoms with Gasteiger partial charge in [-0.05, 0) is 12.1 Å². The zero-order valence-corrected chi connectivity index (χ0v) is 24.1. The molecule has 4 heterocycles. The second-order valence-corrected chi connectivity index (χ2v) is 10.6. The summed E-state index contributed by atoms with van der Waals surface area (Å²) in [6, 6.07) is 4.81. The second kappa shape index (κ2) is 12.6. The molecule has 44 heavy (non-hydrogen) atoms. The highest BCUT2D eigenvalue weighted by atomic mass is 16.8. The third-order valence-electron chi connectivity index (χ3n) is 7.43. The van der Waals surface area contributed by atoms with Gasteiger partial charge in [-0.3, -0.25) is 33.7 Å². The summed E-state index contributed by atoms with van der Waals surface area (Å²) >= 11 is 0. The molecule has 1 N–H and O–H groups in total. The molecule has 3 saturated heterocycles. The first kappa shape index (κ1) is 31.5. The van der Waals surface area contributed by atoms with E-state index in [1.165, 1.54) is 12.1 Å². The highest BCUT2D eigenvalue weighted by Crippen LogP contribution is 2.39. The van der Waals surface area contributed by atoms with Gasteiger partial charge in [-0.1, -0.05) is 12.1 Å². The summed E-state index contributed by atoms with van der Waals surface area (Å²) in [5.74, 6) is -4.53. The minimum Gasteiger partial charge on any atom is -0.463 e. The number of esters is 4. The molecule has 0 spiro atoms. The van der Waals surface area contributed by atoms with Crippen LogP contribution >= 0.6 is 0 Å². The van der Waals surface area contributed by atoms with Gasteiger partial charge in [0.25, 0.3) is 11.8 Å². The maximum atomic E-state index is 13.3. The summed E-state index contributed by atoms with van der Waals surface area (Å²) in [6.07, 6.45) is -12.5. The maximum absolute atomic E-state index is 13.3. The molecule has 0 radical (unpaired) electrons. The largest absolute Gasteiger partial charge is 0.463 e. The molecule has 2 bridgehead atoms. The number of fused-ring (bicyclic) bond motifs is 3. The number of hydrogen-bond acceptors (Lipinski definition) is 15. The molecule has 1 aromatic rings. The molecule has 0 aliphatic carbocycles. The van der Waals surface area contributed by atoms with E-state index >= 15 is 0 Å². The molecule has 0 aromatic heterocycles. The zero-order chi connectivity index (χ0) is 31.9. The number of amides is 2. The van der Waals surface area contributed by atoms with Crippen molar-refractivity contribution in [2.75, 3.05) is 13.2 Å². The Labute approximate surface area is 250 Å². The number of carbonyl (C=O) groups is 6. The second-order valence-electron chi connectivity index (χ2n) is 10.6. The van der Waals surface area contributed by atoms with E-state index in [9.17, 15) is 33.9 Å². The van der Waals surface area contributed by atoms with Gasteiger partial charge in [-0.25, -0.2) is 0 Å². The number of aliphatic hydroxyl groups is 1. The van der Waals surface area contributed by atoms with Crippen molar-refractivity contribution in [1.82, 2.24) is 4.90 Å². The molecule has 4 aliphatic rings. The molecule has 0 saturated carbocycles. The summed E-state index contributed by atoms with van der Waals surface area (Å²) in [4.78, 5) is 75.3. The number of hydrogen-bond donors (Lipinski definition) is 1. The van der Waals surface area contributed by atoms with Crippen molar-refractivity contribution in [3.63, 3.8) is 0 Å². The Bertz CT molecular complexity index is 1310. The van der Waals surface area contributed by atoms with Crippen LogP contribution in [0.5, 0.6) is 0 Å². The summed E-state index contributed by atoms with van der Waals surface area (Å²) in [6.45, 7) is 3.76. The normalized spacial score (nSPS) is 34.2. The molecular formula is C28H31NO15. The smallest absolute Gasteiger partial charge is 0.303 e. The van der Waals surface area contributed by atoms with Crippen LogP contribution in [0.15, 0.2) is 24.3 Å². The molecule has 4 aliphatic heterocycles. The lowest BCUT2D eigenvalue weighted by Crippen LogP contribution is -2.66. The van der Waals surface area contributed by atoms with Gasteiger partial charge in [0.2, 0.25) is 0 Å². The van der Waals surface area contributed by atoms with Crippen molar-refractivity contribution < 1.29 is 71.8 Å². The van der Waals surface area contributed by atoms with Gasteiger partial charge in [0.1, 0.15) is 37.1 Å². The summed E-state index contributed by atoms with van der Waals surface area (Å²) in [7, 11) is 0. The van der Waals surface area contributed by atoms with Gasteiger partial charge in [0, 0.05) is 27.7 Å². The number of carbonyl (C=O) groups excluding carboxylic acids is 6. The van der Waals surface area contributed by atoms with Crippen molar-refractivity contribution in [3.8, 4) is 0 Å². The van der Waals surface area contributed by atoms with E-state index in [0.717, 1.165) is 32.6 Å². The van der Waals surface area contributed by atoms with Crippen LogP contribution < -0.4 is 0 Å². The van der Waals surface area contributed by atoms with E-state index in [1.807, 2.05) is 0 Å². The molecule has 16 heteroatoms. The highest BCUT2D eigenvalue weighted by Gasteiger charge is 2.60. The quantitative estimate of drug-likeness (QED) is 0.215. The number of benzene rings is 1. The fraction of sp³-hybridized carbons (Fsp3) is 0.571. The number of nitrogens with zero attached hydrogens (tertiary/aromatic N) is 1. The van der Waals surface area contributed by atoms with Crippen LogP contribution in [0.3, 0.4) is 0 Å². The lowest BCUT2D eigenvalue weighted by atomic mass is 9.95. The van der Waals surface area contributed by atoms with Crippen LogP contribution in [0.25, 0.3) is 0 Å². The average Bonchev–Trinajstić information content (AvgIpc) is 3.49. The minimum atomic E-state index is -1.64. The van der Waals surface area contributed by atoms with E-state index < -0.39 is 104 Å². The van der Waals surface area contributed by atoms with E-state index in [-0.39, 0.29) is 17.7 Å². The molecule has 1 aromatic carbocycles. The van der Waals surface area contributed by atoms with Crippen molar-refractivity contribution >= 4 is 35.7 Å². The van der Waals surface area contributed by atoms with Gasteiger partial charge < -0.3 is 43.0 Å². The van der Waals surface area contributed by atoms with Crippen molar-refractivity contribution in [2.24, 2.45) is 0 Å². The lowest BCUT2D eigenvalue weighted by molar-refractivity contribution is -0.336. The predicted molar refractivity (Wildman–Crippen MR) is 138 cm³/mol.